The van der Waals surface area contributed by atoms with E-state index in [1.165, 1.54) is 0 Å². The Kier molecular flexibility index (Phi) is 4.31. The summed E-state index contributed by atoms with van der Waals surface area (Å²) in [4.78, 5) is 9.47. The molecule has 5 heteroatoms. The molecule has 4 aromatic rings. The van der Waals surface area contributed by atoms with Crippen molar-refractivity contribution in [1.82, 2.24) is 9.38 Å². The highest BCUT2D eigenvalue weighted by atomic mass is 79.9. The van der Waals surface area contributed by atoms with Gasteiger partial charge in [-0.15, -0.1) is 0 Å². The maximum absolute atomic E-state index is 10.1. The van der Waals surface area contributed by atoms with Crippen LogP contribution in [0.4, 0.5) is 5.82 Å². The molecule has 2 aromatic carbocycles. The van der Waals surface area contributed by atoms with Crippen molar-refractivity contribution in [2.45, 2.75) is 6.92 Å². The molecule has 0 aliphatic carbocycles. The van der Waals surface area contributed by atoms with E-state index < -0.39 is 0 Å². The summed E-state index contributed by atoms with van der Waals surface area (Å²) < 4.78 is 2.91. The summed E-state index contributed by atoms with van der Waals surface area (Å²) in [5, 5.41) is 10.1. The quantitative estimate of drug-likeness (QED) is 0.455. The van der Waals surface area contributed by atoms with Gasteiger partial charge in [0, 0.05) is 27.5 Å². The molecule has 0 bridgehead atoms. The second-order valence-corrected chi connectivity index (χ2v) is 6.89. The molecule has 1 N–H and O–H groups in total. The Labute approximate surface area is 159 Å². The van der Waals surface area contributed by atoms with E-state index in [9.17, 15) is 5.11 Å². The van der Waals surface area contributed by atoms with Gasteiger partial charge in [-0.1, -0.05) is 52.3 Å². The average Bonchev–Trinajstić information content (AvgIpc) is 3.03. The first-order valence-electron chi connectivity index (χ1n) is 8.19. The summed E-state index contributed by atoms with van der Waals surface area (Å²) in [5.74, 6) is 0.924. The molecule has 0 aliphatic rings. The van der Waals surface area contributed by atoms with Gasteiger partial charge in [0.1, 0.15) is 17.1 Å². The van der Waals surface area contributed by atoms with Crippen molar-refractivity contribution in [2.24, 2.45) is 4.99 Å². The van der Waals surface area contributed by atoms with Gasteiger partial charge < -0.3 is 5.11 Å². The van der Waals surface area contributed by atoms with Crippen molar-refractivity contribution >= 4 is 33.6 Å². The Hall–Kier alpha value is -2.92. The van der Waals surface area contributed by atoms with Crippen LogP contribution in [-0.4, -0.2) is 20.7 Å². The van der Waals surface area contributed by atoms with Gasteiger partial charge in [0.2, 0.25) is 0 Å². The van der Waals surface area contributed by atoms with Crippen LogP contribution in [0.15, 0.2) is 76.2 Å². The number of aliphatic imine (C=N–C) groups is 1. The highest BCUT2D eigenvalue weighted by Crippen LogP contribution is 2.32. The number of aromatic nitrogens is 2. The molecular weight excluding hydrogens is 390 g/mol. The van der Waals surface area contributed by atoms with Crippen LogP contribution in [0.1, 0.15) is 11.3 Å². The van der Waals surface area contributed by atoms with E-state index in [1.807, 2.05) is 65.9 Å². The number of phenols is 1. The van der Waals surface area contributed by atoms with Gasteiger partial charge in [-0.05, 0) is 37.3 Å². The largest absolute Gasteiger partial charge is 0.507 e. The highest BCUT2D eigenvalue weighted by molar-refractivity contribution is 9.10. The first kappa shape index (κ1) is 16.5. The van der Waals surface area contributed by atoms with Gasteiger partial charge >= 0.3 is 0 Å². The van der Waals surface area contributed by atoms with Crippen LogP contribution >= 0.6 is 15.9 Å². The summed E-state index contributed by atoms with van der Waals surface area (Å²) in [6, 6.07) is 21.2. The summed E-state index contributed by atoms with van der Waals surface area (Å²) in [7, 11) is 0. The normalized spacial score (nSPS) is 11.5. The Balaban J connectivity index is 1.93. The van der Waals surface area contributed by atoms with Gasteiger partial charge in [0.25, 0.3) is 0 Å². The van der Waals surface area contributed by atoms with E-state index in [2.05, 4.69) is 15.9 Å². The minimum atomic E-state index is 0.184. The highest BCUT2D eigenvalue weighted by Gasteiger charge is 2.14. The van der Waals surface area contributed by atoms with Crippen LogP contribution in [-0.2, 0) is 0 Å². The van der Waals surface area contributed by atoms with Crippen LogP contribution in [0.2, 0.25) is 0 Å². The molecule has 128 valence electrons. The molecule has 0 aliphatic heterocycles. The third kappa shape index (κ3) is 3.02. The summed E-state index contributed by atoms with van der Waals surface area (Å²) in [6.45, 7) is 2.03. The fraction of sp³-hybridized carbons (Fsp3) is 0.0476. The van der Waals surface area contributed by atoms with Crippen molar-refractivity contribution < 1.29 is 5.11 Å². The molecule has 0 saturated heterocycles. The molecule has 4 rings (SSSR count). The number of imidazole rings is 1. The third-order valence-electron chi connectivity index (χ3n) is 4.18. The minimum absolute atomic E-state index is 0.184. The average molecular weight is 406 g/mol. The number of benzene rings is 2. The second-order valence-electron chi connectivity index (χ2n) is 5.97. The van der Waals surface area contributed by atoms with Crippen LogP contribution < -0.4 is 0 Å². The zero-order valence-corrected chi connectivity index (χ0v) is 15.7. The molecule has 26 heavy (non-hydrogen) atoms. The first-order chi connectivity index (χ1) is 12.6. The maximum Gasteiger partial charge on any atom is 0.165 e. The molecule has 0 radical (unpaired) electrons. The van der Waals surface area contributed by atoms with Crippen molar-refractivity contribution in [2.75, 3.05) is 0 Å². The molecule has 0 spiro atoms. The molecule has 2 heterocycles. The zero-order valence-electron chi connectivity index (χ0n) is 14.1. The van der Waals surface area contributed by atoms with E-state index in [0.29, 0.717) is 5.56 Å². The lowest BCUT2D eigenvalue weighted by molar-refractivity contribution is 0.474. The number of halogens is 1. The minimum Gasteiger partial charge on any atom is -0.507 e. The smallest absolute Gasteiger partial charge is 0.165 e. The molecule has 0 fully saturated rings. The Bertz CT molecular complexity index is 1120. The molecule has 0 saturated carbocycles. The van der Waals surface area contributed by atoms with Crippen LogP contribution in [0, 0.1) is 6.92 Å². The van der Waals surface area contributed by atoms with Crippen molar-refractivity contribution in [3.05, 3.63) is 82.5 Å². The lowest BCUT2D eigenvalue weighted by Crippen LogP contribution is -1.90. The second kappa shape index (κ2) is 6.77. The zero-order chi connectivity index (χ0) is 18.1. The SMILES string of the molecule is Cc1cccc2nc(-c3ccccc3)c(N=Cc3cc(Br)ccc3O)n12. The number of hydrogen-bond donors (Lipinski definition) is 1. The number of aryl methyl sites for hydroxylation is 1. The maximum atomic E-state index is 10.1. The lowest BCUT2D eigenvalue weighted by atomic mass is 10.1. The molecule has 4 nitrogen and oxygen atoms in total. The van der Waals surface area contributed by atoms with Crippen molar-refractivity contribution in [1.29, 1.82) is 0 Å². The van der Waals surface area contributed by atoms with E-state index in [4.69, 9.17) is 9.98 Å². The number of fused-ring (bicyclic) bond motifs is 1. The van der Waals surface area contributed by atoms with Crippen molar-refractivity contribution in [3.63, 3.8) is 0 Å². The summed E-state index contributed by atoms with van der Waals surface area (Å²) in [5.41, 5.74) is 4.34. The first-order valence-corrected chi connectivity index (χ1v) is 8.99. The number of phenolic OH excluding ortho intramolecular Hbond substituents is 1. The standard InChI is InChI=1S/C21H16BrN3O/c1-14-6-5-9-19-24-20(15-7-3-2-4-8-15)21(25(14)19)23-13-16-12-17(22)10-11-18(16)26/h2-13,26H,1H3. The molecule has 0 amide bonds. The molecule has 2 aromatic heterocycles. The number of pyridine rings is 1. The van der Waals surface area contributed by atoms with Crippen molar-refractivity contribution in [3.8, 4) is 17.0 Å². The Morgan fingerprint density at radius 3 is 2.65 bits per heavy atom. The fourth-order valence-electron chi connectivity index (χ4n) is 2.90. The van der Waals surface area contributed by atoms with E-state index in [1.54, 1.807) is 18.3 Å². The van der Waals surface area contributed by atoms with E-state index in [0.717, 1.165) is 32.9 Å². The number of nitrogens with zero attached hydrogens (tertiary/aromatic N) is 3. The van der Waals surface area contributed by atoms with Gasteiger partial charge in [-0.3, -0.25) is 4.40 Å². The topological polar surface area (TPSA) is 49.9 Å². The van der Waals surface area contributed by atoms with E-state index >= 15 is 0 Å². The van der Waals surface area contributed by atoms with Crippen LogP contribution in [0.25, 0.3) is 16.9 Å². The van der Waals surface area contributed by atoms with Gasteiger partial charge in [-0.2, -0.15) is 0 Å². The number of hydrogen-bond acceptors (Lipinski definition) is 3. The third-order valence-corrected chi connectivity index (χ3v) is 4.67. The Morgan fingerprint density at radius 1 is 1.04 bits per heavy atom. The number of aromatic hydroxyl groups is 1. The van der Waals surface area contributed by atoms with Crippen LogP contribution in [0.5, 0.6) is 5.75 Å². The molecular formula is C21H16BrN3O. The fourth-order valence-corrected chi connectivity index (χ4v) is 3.28. The summed E-state index contributed by atoms with van der Waals surface area (Å²) in [6.07, 6.45) is 1.67. The predicted molar refractivity (Wildman–Crippen MR) is 108 cm³/mol. The lowest BCUT2D eigenvalue weighted by Gasteiger charge is -2.04. The Morgan fingerprint density at radius 2 is 1.85 bits per heavy atom. The number of rotatable bonds is 3. The molecule has 0 unspecified atom stereocenters. The predicted octanol–water partition coefficient (Wildman–Crippen LogP) is 5.53. The summed E-state index contributed by atoms with van der Waals surface area (Å²) >= 11 is 3.43. The van der Waals surface area contributed by atoms with Gasteiger partial charge in [0.05, 0.1) is 0 Å². The van der Waals surface area contributed by atoms with Crippen LogP contribution in [0.3, 0.4) is 0 Å². The van der Waals surface area contributed by atoms with E-state index in [-0.39, 0.29) is 5.75 Å². The molecule has 0 atom stereocenters. The van der Waals surface area contributed by atoms with Gasteiger partial charge in [-0.25, -0.2) is 9.98 Å². The van der Waals surface area contributed by atoms with Gasteiger partial charge in [0.15, 0.2) is 5.82 Å². The monoisotopic (exact) mass is 405 g/mol.